The van der Waals surface area contributed by atoms with Gasteiger partial charge in [0.1, 0.15) is 0 Å². The zero-order valence-corrected chi connectivity index (χ0v) is 9.88. The van der Waals surface area contributed by atoms with E-state index in [1.54, 1.807) is 0 Å². The summed E-state index contributed by atoms with van der Waals surface area (Å²) in [4.78, 5) is 0. The molecule has 0 spiro atoms. The Morgan fingerprint density at radius 3 is 1.64 bits per heavy atom. The SMILES string of the molecule is C=C(C)C.C=Cc1ccccc1.CC. The lowest BCUT2D eigenvalue weighted by atomic mass is 10.2. The second-order valence-electron chi connectivity index (χ2n) is 2.82. The molecule has 1 aromatic carbocycles. The van der Waals surface area contributed by atoms with Gasteiger partial charge < -0.3 is 0 Å². The molecule has 0 unspecified atom stereocenters. The van der Waals surface area contributed by atoms with Crippen molar-refractivity contribution >= 4 is 6.08 Å². The zero-order valence-electron chi connectivity index (χ0n) is 9.88. The Bertz CT molecular complexity index is 227. The van der Waals surface area contributed by atoms with Gasteiger partial charge in [0, 0.05) is 0 Å². The van der Waals surface area contributed by atoms with Crippen LogP contribution < -0.4 is 0 Å². The maximum Gasteiger partial charge on any atom is -0.0263 e. The van der Waals surface area contributed by atoms with Gasteiger partial charge >= 0.3 is 0 Å². The molecule has 0 aliphatic carbocycles. The first kappa shape index (κ1) is 15.2. The van der Waals surface area contributed by atoms with Gasteiger partial charge in [-0.2, -0.15) is 0 Å². The zero-order chi connectivity index (χ0) is 11.4. The molecule has 0 aliphatic heterocycles. The lowest BCUT2D eigenvalue weighted by Gasteiger charge is -1.85. The maximum atomic E-state index is 3.63. The molecular weight excluding hydrogens is 168 g/mol. The van der Waals surface area contributed by atoms with Gasteiger partial charge in [-0.1, -0.05) is 62.4 Å². The summed E-state index contributed by atoms with van der Waals surface area (Å²) in [6, 6.07) is 10.0. The molecule has 0 radical (unpaired) electrons. The van der Waals surface area contributed by atoms with E-state index in [9.17, 15) is 0 Å². The van der Waals surface area contributed by atoms with E-state index in [1.165, 1.54) is 11.1 Å². The van der Waals surface area contributed by atoms with Gasteiger partial charge in [-0.25, -0.2) is 0 Å². The molecule has 0 saturated carbocycles. The third-order valence-electron chi connectivity index (χ3n) is 1.04. The monoisotopic (exact) mass is 190 g/mol. The van der Waals surface area contributed by atoms with Crippen LogP contribution in [0.5, 0.6) is 0 Å². The van der Waals surface area contributed by atoms with Gasteiger partial charge in [-0.05, 0) is 19.4 Å². The van der Waals surface area contributed by atoms with Crippen molar-refractivity contribution in [3.63, 3.8) is 0 Å². The van der Waals surface area contributed by atoms with Crippen molar-refractivity contribution in [3.8, 4) is 0 Å². The fourth-order valence-electron chi connectivity index (χ4n) is 0.589. The molecule has 0 N–H and O–H groups in total. The molecule has 0 bridgehead atoms. The minimum Gasteiger partial charge on any atom is -0.100 e. The highest BCUT2D eigenvalue weighted by Crippen LogP contribution is 1.97. The van der Waals surface area contributed by atoms with Crippen molar-refractivity contribution in [3.05, 3.63) is 54.6 Å². The molecule has 0 heteroatoms. The quantitative estimate of drug-likeness (QED) is 0.550. The van der Waals surface area contributed by atoms with E-state index in [0.717, 1.165) is 0 Å². The molecule has 0 amide bonds. The molecular formula is C14H22. The van der Waals surface area contributed by atoms with Gasteiger partial charge in [0.2, 0.25) is 0 Å². The summed E-state index contributed by atoms with van der Waals surface area (Å²) in [5, 5.41) is 0. The molecule has 1 aromatic rings. The summed E-state index contributed by atoms with van der Waals surface area (Å²) in [7, 11) is 0. The Labute approximate surface area is 89.0 Å². The second kappa shape index (κ2) is 11.7. The molecule has 0 aliphatic rings. The van der Waals surface area contributed by atoms with Crippen LogP contribution in [0.1, 0.15) is 33.3 Å². The molecule has 0 atom stereocenters. The highest BCUT2D eigenvalue weighted by molar-refractivity contribution is 5.45. The standard InChI is InChI=1S/C8H8.C4H8.C2H6/c1-2-8-6-4-3-5-7-8;1-4(2)3;1-2/h2-7H,1H2;1H2,2-3H3;1-2H3. The summed E-state index contributed by atoms with van der Waals surface area (Å²) in [6.45, 7) is 15.1. The number of hydrogen-bond donors (Lipinski definition) is 0. The van der Waals surface area contributed by atoms with Crippen LogP contribution in [0.3, 0.4) is 0 Å². The smallest absolute Gasteiger partial charge is 0.0263 e. The first-order valence-electron chi connectivity index (χ1n) is 4.96. The van der Waals surface area contributed by atoms with Crippen LogP contribution in [0.4, 0.5) is 0 Å². The fourth-order valence-corrected chi connectivity index (χ4v) is 0.589. The number of hydrogen-bond acceptors (Lipinski definition) is 0. The Balaban J connectivity index is 0. The minimum atomic E-state index is 1.17. The third kappa shape index (κ3) is 13.3. The summed E-state index contributed by atoms with van der Waals surface area (Å²) in [5.74, 6) is 0. The van der Waals surface area contributed by atoms with Crippen LogP contribution in [0.25, 0.3) is 6.08 Å². The van der Waals surface area contributed by atoms with Gasteiger partial charge in [0.05, 0.1) is 0 Å². The van der Waals surface area contributed by atoms with E-state index in [2.05, 4.69) is 13.2 Å². The van der Waals surface area contributed by atoms with E-state index in [-0.39, 0.29) is 0 Å². The fraction of sp³-hybridized carbons (Fsp3) is 0.286. The molecule has 0 nitrogen and oxygen atoms in total. The number of rotatable bonds is 1. The van der Waals surface area contributed by atoms with Gasteiger partial charge in [0.15, 0.2) is 0 Å². The van der Waals surface area contributed by atoms with E-state index in [4.69, 9.17) is 0 Å². The van der Waals surface area contributed by atoms with Gasteiger partial charge in [0.25, 0.3) is 0 Å². The predicted octanol–water partition coefficient (Wildman–Crippen LogP) is 4.94. The van der Waals surface area contributed by atoms with Gasteiger partial charge in [-0.3, -0.25) is 0 Å². The molecule has 0 aromatic heterocycles. The first-order valence-corrected chi connectivity index (χ1v) is 4.96. The molecule has 0 fully saturated rings. The van der Waals surface area contributed by atoms with Crippen LogP contribution in [0.15, 0.2) is 49.1 Å². The van der Waals surface area contributed by atoms with Crippen molar-refractivity contribution in [2.75, 3.05) is 0 Å². The molecule has 0 heterocycles. The number of allylic oxidation sites excluding steroid dienone is 1. The maximum absolute atomic E-state index is 3.63. The molecule has 78 valence electrons. The Kier molecular flexibility index (Phi) is 12.7. The first-order chi connectivity index (χ1) is 6.66. The Morgan fingerprint density at radius 2 is 1.43 bits per heavy atom. The summed E-state index contributed by atoms with van der Waals surface area (Å²) in [5.41, 5.74) is 2.34. The molecule has 1 rings (SSSR count). The van der Waals surface area contributed by atoms with E-state index in [0.29, 0.717) is 0 Å². The van der Waals surface area contributed by atoms with Crippen molar-refractivity contribution in [2.45, 2.75) is 27.7 Å². The van der Waals surface area contributed by atoms with Crippen LogP contribution in [0.2, 0.25) is 0 Å². The Morgan fingerprint density at radius 1 is 1.07 bits per heavy atom. The highest BCUT2D eigenvalue weighted by Gasteiger charge is 1.75. The van der Waals surface area contributed by atoms with Crippen LogP contribution in [0, 0.1) is 0 Å². The van der Waals surface area contributed by atoms with Crippen molar-refractivity contribution in [1.29, 1.82) is 0 Å². The van der Waals surface area contributed by atoms with Crippen LogP contribution in [-0.2, 0) is 0 Å². The largest absolute Gasteiger partial charge is 0.100 e. The molecule has 14 heavy (non-hydrogen) atoms. The summed E-state index contributed by atoms with van der Waals surface area (Å²) >= 11 is 0. The topological polar surface area (TPSA) is 0 Å². The predicted molar refractivity (Wildman–Crippen MR) is 68.4 cm³/mol. The average Bonchev–Trinajstić information content (AvgIpc) is 2.21. The van der Waals surface area contributed by atoms with E-state index >= 15 is 0 Å². The summed E-state index contributed by atoms with van der Waals surface area (Å²) < 4.78 is 0. The highest BCUT2D eigenvalue weighted by atomic mass is 13.8. The second-order valence-corrected chi connectivity index (χ2v) is 2.82. The minimum absolute atomic E-state index is 1.17. The lowest BCUT2D eigenvalue weighted by Crippen LogP contribution is -1.63. The summed E-state index contributed by atoms with van der Waals surface area (Å²) in [6.07, 6.45) is 1.83. The molecule has 0 saturated heterocycles. The van der Waals surface area contributed by atoms with E-state index < -0.39 is 0 Å². The van der Waals surface area contributed by atoms with Crippen LogP contribution >= 0.6 is 0 Å². The van der Waals surface area contributed by atoms with Gasteiger partial charge in [-0.15, -0.1) is 6.58 Å². The van der Waals surface area contributed by atoms with E-state index in [1.807, 2.05) is 64.1 Å². The van der Waals surface area contributed by atoms with Crippen molar-refractivity contribution in [1.82, 2.24) is 0 Å². The Hall–Kier alpha value is -1.30. The van der Waals surface area contributed by atoms with Crippen LogP contribution in [-0.4, -0.2) is 0 Å². The normalized spacial score (nSPS) is 7.14. The average molecular weight is 190 g/mol. The number of benzene rings is 1. The lowest BCUT2D eigenvalue weighted by molar-refractivity contribution is 1.42. The van der Waals surface area contributed by atoms with Crippen molar-refractivity contribution in [2.24, 2.45) is 0 Å². The third-order valence-corrected chi connectivity index (χ3v) is 1.04. The van der Waals surface area contributed by atoms with Crippen molar-refractivity contribution < 1.29 is 0 Å².